The van der Waals surface area contributed by atoms with Crippen LogP contribution in [-0.4, -0.2) is 48.8 Å². The van der Waals surface area contributed by atoms with Crippen LogP contribution in [-0.2, 0) is 15.1 Å². The maximum atomic E-state index is 10.8. The van der Waals surface area contributed by atoms with Gasteiger partial charge in [-0.05, 0) is 31.0 Å². The van der Waals surface area contributed by atoms with Gasteiger partial charge in [0.1, 0.15) is 11.4 Å². The first-order chi connectivity index (χ1) is 13.0. The van der Waals surface area contributed by atoms with Crippen molar-refractivity contribution in [3.05, 3.63) is 29.8 Å². The summed E-state index contributed by atoms with van der Waals surface area (Å²) in [6, 6.07) is 8.16. The summed E-state index contributed by atoms with van der Waals surface area (Å²) < 4.78 is 11.9. The Morgan fingerprint density at radius 1 is 1.19 bits per heavy atom. The van der Waals surface area contributed by atoms with Crippen molar-refractivity contribution in [2.24, 2.45) is 0 Å². The number of hydrogen-bond donors (Lipinski definition) is 1. The predicted molar refractivity (Wildman–Crippen MR) is 107 cm³/mol. The molecule has 0 aliphatic carbocycles. The lowest BCUT2D eigenvalue weighted by Crippen LogP contribution is -2.48. The third kappa shape index (κ3) is 7.51. The second-order valence-corrected chi connectivity index (χ2v) is 7.64. The largest absolute Gasteiger partial charge is 0.494 e. The number of aliphatic carboxylic acids is 1. The number of nitrogens with zero attached hydrogens (tertiary/aromatic N) is 1. The van der Waals surface area contributed by atoms with Crippen LogP contribution in [0.3, 0.4) is 0 Å². The maximum Gasteiger partial charge on any atom is 0.304 e. The zero-order valence-electron chi connectivity index (χ0n) is 16.9. The molecule has 1 N–H and O–H groups in total. The Morgan fingerprint density at radius 2 is 1.89 bits per heavy atom. The van der Waals surface area contributed by atoms with E-state index in [1.807, 2.05) is 12.1 Å². The molecule has 0 radical (unpaired) electrons. The van der Waals surface area contributed by atoms with Gasteiger partial charge in [-0.1, -0.05) is 51.2 Å². The first kappa shape index (κ1) is 21.7. The van der Waals surface area contributed by atoms with Crippen LogP contribution in [0, 0.1) is 0 Å². The molecule has 1 heterocycles. The van der Waals surface area contributed by atoms with Crippen molar-refractivity contribution in [3.8, 4) is 5.75 Å². The van der Waals surface area contributed by atoms with E-state index in [2.05, 4.69) is 30.9 Å². The first-order valence-corrected chi connectivity index (χ1v) is 10.3. The van der Waals surface area contributed by atoms with Gasteiger partial charge < -0.3 is 14.6 Å². The molecule has 1 atom stereocenters. The fourth-order valence-corrected chi connectivity index (χ4v) is 3.55. The molecule has 0 amide bonds. The summed E-state index contributed by atoms with van der Waals surface area (Å²) >= 11 is 0. The molecular formula is C22H35NO4. The van der Waals surface area contributed by atoms with Crippen LogP contribution in [0.5, 0.6) is 5.75 Å². The number of ether oxygens (including phenoxy) is 2. The van der Waals surface area contributed by atoms with E-state index in [1.165, 1.54) is 32.1 Å². The Balaban J connectivity index is 1.78. The lowest BCUT2D eigenvalue weighted by Gasteiger charge is -2.40. The van der Waals surface area contributed by atoms with E-state index in [4.69, 9.17) is 14.6 Å². The highest BCUT2D eigenvalue weighted by Crippen LogP contribution is 2.30. The summed E-state index contributed by atoms with van der Waals surface area (Å²) in [5.41, 5.74) is 0.698. The smallest absolute Gasteiger partial charge is 0.304 e. The van der Waals surface area contributed by atoms with E-state index in [0.29, 0.717) is 19.7 Å². The normalized spacial score (nSPS) is 20.5. The van der Waals surface area contributed by atoms with E-state index in [1.54, 1.807) is 0 Å². The molecule has 0 saturated carbocycles. The van der Waals surface area contributed by atoms with Gasteiger partial charge in [-0.3, -0.25) is 9.69 Å². The average Bonchev–Trinajstić information content (AvgIpc) is 2.66. The fourth-order valence-electron chi connectivity index (χ4n) is 3.55. The molecule has 0 spiro atoms. The van der Waals surface area contributed by atoms with Crippen molar-refractivity contribution in [2.75, 3.05) is 32.8 Å². The second kappa shape index (κ2) is 11.3. The molecule has 1 aromatic rings. The molecule has 1 saturated heterocycles. The van der Waals surface area contributed by atoms with Gasteiger partial charge in [0.25, 0.3) is 0 Å². The summed E-state index contributed by atoms with van der Waals surface area (Å²) in [5.74, 6) is 0.143. The Hall–Kier alpha value is -1.59. The molecule has 0 bridgehead atoms. The molecular weight excluding hydrogens is 342 g/mol. The van der Waals surface area contributed by atoms with Gasteiger partial charge in [0.05, 0.1) is 19.6 Å². The predicted octanol–water partition coefficient (Wildman–Crippen LogP) is 4.45. The Bertz CT molecular complexity index is 560. The van der Waals surface area contributed by atoms with Crippen molar-refractivity contribution in [1.82, 2.24) is 4.90 Å². The van der Waals surface area contributed by atoms with Crippen LogP contribution >= 0.6 is 0 Å². The van der Waals surface area contributed by atoms with E-state index >= 15 is 0 Å². The summed E-state index contributed by atoms with van der Waals surface area (Å²) in [4.78, 5) is 13.0. The third-order valence-electron chi connectivity index (χ3n) is 5.23. The van der Waals surface area contributed by atoms with Crippen LogP contribution in [0.25, 0.3) is 0 Å². The molecule has 5 heteroatoms. The van der Waals surface area contributed by atoms with E-state index < -0.39 is 11.6 Å². The summed E-state index contributed by atoms with van der Waals surface area (Å²) in [6.07, 6.45) is 7.74. The monoisotopic (exact) mass is 377 g/mol. The number of benzene rings is 1. The van der Waals surface area contributed by atoms with Gasteiger partial charge in [-0.25, -0.2) is 0 Å². The van der Waals surface area contributed by atoms with Crippen LogP contribution in [0.1, 0.15) is 64.4 Å². The second-order valence-electron chi connectivity index (χ2n) is 7.64. The van der Waals surface area contributed by atoms with Crippen molar-refractivity contribution < 1.29 is 19.4 Å². The van der Waals surface area contributed by atoms with E-state index in [-0.39, 0.29) is 6.42 Å². The number of carboxylic acid groups (broad SMARTS) is 1. The lowest BCUT2D eigenvalue weighted by atomic mass is 9.93. The number of unbranched alkanes of at least 4 members (excludes halogenated alkanes) is 5. The molecule has 1 unspecified atom stereocenters. The zero-order chi connectivity index (χ0) is 19.5. The van der Waals surface area contributed by atoms with E-state index in [9.17, 15) is 4.79 Å². The minimum absolute atomic E-state index is 0.168. The molecule has 1 aliphatic heterocycles. The van der Waals surface area contributed by atoms with Gasteiger partial charge in [-0.15, -0.1) is 0 Å². The topological polar surface area (TPSA) is 59.0 Å². The molecule has 2 rings (SSSR count). The highest BCUT2D eigenvalue weighted by Gasteiger charge is 2.33. The molecule has 27 heavy (non-hydrogen) atoms. The molecule has 152 valence electrons. The third-order valence-corrected chi connectivity index (χ3v) is 5.23. The number of morpholine rings is 1. The minimum Gasteiger partial charge on any atom is -0.494 e. The van der Waals surface area contributed by atoms with Crippen molar-refractivity contribution in [3.63, 3.8) is 0 Å². The Kier molecular flexibility index (Phi) is 9.08. The Morgan fingerprint density at radius 3 is 2.59 bits per heavy atom. The summed E-state index contributed by atoms with van der Waals surface area (Å²) in [7, 11) is 0. The number of carbonyl (C=O) groups is 1. The number of carboxylic acids is 1. The summed E-state index contributed by atoms with van der Waals surface area (Å²) in [6.45, 7) is 7.74. The number of hydrogen-bond acceptors (Lipinski definition) is 4. The van der Waals surface area contributed by atoms with Gasteiger partial charge >= 0.3 is 5.97 Å². The molecule has 1 aliphatic rings. The van der Waals surface area contributed by atoms with Crippen LogP contribution in [0.4, 0.5) is 0 Å². The van der Waals surface area contributed by atoms with Crippen molar-refractivity contribution in [2.45, 2.75) is 64.4 Å². The molecule has 5 nitrogen and oxygen atoms in total. The van der Waals surface area contributed by atoms with Crippen LogP contribution < -0.4 is 4.74 Å². The number of rotatable bonds is 12. The highest BCUT2D eigenvalue weighted by atomic mass is 16.5. The highest BCUT2D eigenvalue weighted by molar-refractivity contribution is 5.66. The first-order valence-electron chi connectivity index (χ1n) is 10.3. The molecule has 1 fully saturated rings. The molecule has 1 aromatic carbocycles. The summed E-state index contributed by atoms with van der Waals surface area (Å²) in [5, 5.41) is 8.89. The van der Waals surface area contributed by atoms with Crippen LogP contribution in [0.2, 0.25) is 0 Å². The van der Waals surface area contributed by atoms with Crippen LogP contribution in [0.15, 0.2) is 24.3 Å². The minimum atomic E-state index is -0.755. The van der Waals surface area contributed by atoms with Gasteiger partial charge in [0.2, 0.25) is 0 Å². The standard InChI is InChI=1S/C22H35NO4/c1-3-4-5-6-7-8-16-26-20-11-9-19(10-12-20)22(2)18-23(15-17-27-22)14-13-21(24)25/h9-12H,3-8,13-18H2,1-2H3,(H,24,25). The van der Waals surface area contributed by atoms with E-state index in [0.717, 1.165) is 30.9 Å². The van der Waals surface area contributed by atoms with Crippen molar-refractivity contribution >= 4 is 5.97 Å². The van der Waals surface area contributed by atoms with Gasteiger partial charge in [0.15, 0.2) is 0 Å². The zero-order valence-corrected chi connectivity index (χ0v) is 16.9. The maximum absolute atomic E-state index is 10.8. The molecule has 0 aromatic heterocycles. The fraction of sp³-hybridized carbons (Fsp3) is 0.682. The van der Waals surface area contributed by atoms with Gasteiger partial charge in [-0.2, -0.15) is 0 Å². The Labute approximate surface area is 163 Å². The van der Waals surface area contributed by atoms with Crippen molar-refractivity contribution in [1.29, 1.82) is 0 Å². The SMILES string of the molecule is CCCCCCCCOc1ccc(C2(C)CN(CCC(=O)O)CCO2)cc1. The quantitative estimate of drug-likeness (QED) is 0.546. The average molecular weight is 378 g/mol. The lowest BCUT2D eigenvalue weighted by molar-refractivity contribution is -0.139. The van der Waals surface area contributed by atoms with Gasteiger partial charge in [0, 0.05) is 19.6 Å².